The molecule has 2 aliphatic heterocycles. The highest BCUT2D eigenvalue weighted by Crippen LogP contribution is 2.30. The minimum Gasteiger partial charge on any atom is -0.341 e. The number of hydrogen-bond acceptors (Lipinski definition) is 4. The van der Waals surface area contributed by atoms with Crippen LogP contribution in [-0.4, -0.2) is 33.0 Å². The fourth-order valence-electron chi connectivity index (χ4n) is 4.74. The molecule has 6 heteroatoms. The van der Waals surface area contributed by atoms with Crippen LogP contribution in [-0.2, 0) is 0 Å². The van der Waals surface area contributed by atoms with Crippen molar-refractivity contribution in [2.24, 2.45) is 0 Å². The highest BCUT2D eigenvalue weighted by atomic mass is 15.0. The summed E-state index contributed by atoms with van der Waals surface area (Å²) in [4.78, 5) is 16.2. The molecule has 4 heterocycles. The van der Waals surface area contributed by atoms with Crippen molar-refractivity contribution in [2.75, 3.05) is 13.1 Å². The van der Waals surface area contributed by atoms with Crippen molar-refractivity contribution in [1.29, 1.82) is 0 Å². The Hall–Kier alpha value is -2.96. The molecule has 6 nitrogen and oxygen atoms in total. The van der Waals surface area contributed by atoms with E-state index in [1.807, 2.05) is 12.4 Å². The number of benzene rings is 2. The third-order valence-corrected chi connectivity index (χ3v) is 6.43. The number of rotatable bonds is 4. The number of aromatic amines is 2. The zero-order chi connectivity index (χ0) is 19.9. The summed E-state index contributed by atoms with van der Waals surface area (Å²) in [6.45, 7) is 2.15. The quantitative estimate of drug-likeness (QED) is 0.409. The van der Waals surface area contributed by atoms with E-state index in [1.54, 1.807) is 0 Å². The third-order valence-electron chi connectivity index (χ3n) is 6.43. The Morgan fingerprint density at radius 2 is 1.17 bits per heavy atom. The van der Waals surface area contributed by atoms with Crippen LogP contribution in [0.1, 0.15) is 49.4 Å². The fourth-order valence-corrected chi connectivity index (χ4v) is 4.74. The molecule has 4 N–H and O–H groups in total. The first-order valence-electron chi connectivity index (χ1n) is 10.9. The molecule has 2 saturated heterocycles. The molecule has 0 amide bonds. The minimum atomic E-state index is 0.362. The second kappa shape index (κ2) is 7.38. The molecule has 0 saturated carbocycles. The van der Waals surface area contributed by atoms with Crippen LogP contribution in [0.25, 0.3) is 33.3 Å². The summed E-state index contributed by atoms with van der Waals surface area (Å²) < 4.78 is 0. The molecule has 0 spiro atoms. The van der Waals surface area contributed by atoms with Gasteiger partial charge >= 0.3 is 0 Å². The van der Waals surface area contributed by atoms with Crippen LogP contribution in [0.2, 0.25) is 0 Å². The summed E-state index contributed by atoms with van der Waals surface area (Å²) in [5.74, 6) is 2.09. The highest BCUT2D eigenvalue weighted by Gasteiger charge is 2.20. The monoisotopic (exact) mass is 398 g/mol. The molecule has 30 heavy (non-hydrogen) atoms. The van der Waals surface area contributed by atoms with Gasteiger partial charge in [0.15, 0.2) is 0 Å². The van der Waals surface area contributed by atoms with Crippen molar-refractivity contribution < 1.29 is 0 Å². The molecule has 0 bridgehead atoms. The van der Waals surface area contributed by atoms with E-state index in [4.69, 9.17) is 0 Å². The van der Waals surface area contributed by atoms with Crippen LogP contribution in [0, 0.1) is 0 Å². The third kappa shape index (κ3) is 3.22. The number of nitrogens with one attached hydrogen (secondary N) is 4. The van der Waals surface area contributed by atoms with Gasteiger partial charge < -0.3 is 20.6 Å². The highest BCUT2D eigenvalue weighted by molar-refractivity contribution is 5.90. The second-order valence-corrected chi connectivity index (χ2v) is 8.44. The Kier molecular flexibility index (Phi) is 4.39. The van der Waals surface area contributed by atoms with Crippen molar-refractivity contribution >= 4 is 10.8 Å². The molecule has 0 radical (unpaired) electrons. The van der Waals surface area contributed by atoms with Crippen molar-refractivity contribution in [3.8, 4) is 22.5 Å². The van der Waals surface area contributed by atoms with E-state index in [9.17, 15) is 0 Å². The average molecular weight is 399 g/mol. The van der Waals surface area contributed by atoms with Gasteiger partial charge in [0.2, 0.25) is 0 Å². The van der Waals surface area contributed by atoms with E-state index >= 15 is 0 Å². The van der Waals surface area contributed by atoms with Crippen molar-refractivity contribution in [2.45, 2.75) is 37.8 Å². The fraction of sp³-hybridized carbons (Fsp3) is 0.333. The molecule has 0 unspecified atom stereocenters. The summed E-state index contributed by atoms with van der Waals surface area (Å²) in [5.41, 5.74) is 4.49. The Balaban J connectivity index is 1.27. The van der Waals surface area contributed by atoms with Gasteiger partial charge in [-0.25, -0.2) is 9.97 Å². The molecule has 2 aliphatic rings. The summed E-state index contributed by atoms with van der Waals surface area (Å²) in [7, 11) is 0. The first-order valence-corrected chi connectivity index (χ1v) is 10.9. The SMILES string of the molecule is c1cc2cc(-c3cnc([C@@H]4CCCN4)[nH]3)ccc2cc1-c1cnc([C@@H]2CCCN2)[nH]1. The minimum absolute atomic E-state index is 0.362. The maximum absolute atomic E-state index is 4.61. The number of imidazole rings is 2. The van der Waals surface area contributed by atoms with Gasteiger partial charge in [-0.3, -0.25) is 0 Å². The van der Waals surface area contributed by atoms with Gasteiger partial charge in [0.25, 0.3) is 0 Å². The van der Waals surface area contributed by atoms with E-state index in [-0.39, 0.29) is 0 Å². The van der Waals surface area contributed by atoms with Gasteiger partial charge in [0.1, 0.15) is 11.6 Å². The Labute approximate surface area is 175 Å². The van der Waals surface area contributed by atoms with Gasteiger partial charge in [0, 0.05) is 11.1 Å². The summed E-state index contributed by atoms with van der Waals surface area (Å²) >= 11 is 0. The number of nitrogens with zero attached hydrogens (tertiary/aromatic N) is 2. The van der Waals surface area contributed by atoms with E-state index in [0.29, 0.717) is 12.1 Å². The van der Waals surface area contributed by atoms with E-state index in [2.05, 4.69) is 67.0 Å². The normalized spacial score (nSPS) is 21.6. The van der Waals surface area contributed by atoms with Gasteiger partial charge in [-0.1, -0.05) is 24.3 Å². The number of fused-ring (bicyclic) bond motifs is 1. The standard InChI is InChI=1S/C24H26N6/c1-3-19(25-9-1)23-27-13-21(29-23)17-7-5-16-12-18(8-6-15(16)11-17)22-14-28-24(30-22)20-4-2-10-26-20/h5-8,11-14,19-20,25-26H,1-4,9-10H2,(H,27,29)(H,28,30)/t19-,20-/m0/s1. The van der Waals surface area contributed by atoms with Crippen LogP contribution in [0.4, 0.5) is 0 Å². The van der Waals surface area contributed by atoms with Crippen LogP contribution >= 0.6 is 0 Å². The molecule has 0 aliphatic carbocycles. The largest absolute Gasteiger partial charge is 0.341 e. The van der Waals surface area contributed by atoms with Gasteiger partial charge in [-0.15, -0.1) is 0 Å². The molecular formula is C24H26N6. The summed E-state index contributed by atoms with van der Waals surface area (Å²) in [5, 5.41) is 9.46. The van der Waals surface area contributed by atoms with Crippen molar-refractivity contribution in [3.05, 3.63) is 60.4 Å². The van der Waals surface area contributed by atoms with E-state index < -0.39 is 0 Å². The Morgan fingerprint density at radius 1 is 0.667 bits per heavy atom. The van der Waals surface area contributed by atoms with Gasteiger partial charge in [-0.2, -0.15) is 0 Å². The number of H-pyrrole nitrogens is 2. The predicted octanol–water partition coefficient (Wildman–Crippen LogP) is 4.47. The maximum Gasteiger partial charge on any atom is 0.123 e. The van der Waals surface area contributed by atoms with Crippen molar-refractivity contribution in [1.82, 2.24) is 30.6 Å². The van der Waals surface area contributed by atoms with Crippen LogP contribution < -0.4 is 10.6 Å². The smallest absolute Gasteiger partial charge is 0.123 e. The molecule has 152 valence electrons. The molecule has 2 atom stereocenters. The maximum atomic E-state index is 4.61. The number of hydrogen-bond donors (Lipinski definition) is 4. The van der Waals surface area contributed by atoms with Crippen molar-refractivity contribution in [3.63, 3.8) is 0 Å². The first kappa shape index (κ1) is 17.9. The molecule has 4 aromatic rings. The molecule has 6 rings (SSSR count). The van der Waals surface area contributed by atoms with Crippen LogP contribution in [0.5, 0.6) is 0 Å². The average Bonchev–Trinajstić information content (AvgIpc) is 3.58. The predicted molar refractivity (Wildman–Crippen MR) is 119 cm³/mol. The zero-order valence-corrected chi connectivity index (χ0v) is 16.9. The summed E-state index contributed by atoms with van der Waals surface area (Å²) in [6, 6.07) is 13.9. The second-order valence-electron chi connectivity index (χ2n) is 8.44. The van der Waals surface area contributed by atoms with Crippen LogP contribution in [0.15, 0.2) is 48.8 Å². The van der Waals surface area contributed by atoms with Gasteiger partial charge in [-0.05, 0) is 61.7 Å². The first-order chi connectivity index (χ1) is 14.8. The van der Waals surface area contributed by atoms with E-state index in [1.165, 1.54) is 34.7 Å². The summed E-state index contributed by atoms with van der Waals surface area (Å²) in [6.07, 6.45) is 8.64. The Bertz CT molecular complexity index is 1080. The number of aromatic nitrogens is 4. The molecule has 2 aromatic heterocycles. The molecule has 2 fully saturated rings. The molecular weight excluding hydrogens is 372 g/mol. The lowest BCUT2D eigenvalue weighted by Gasteiger charge is -2.07. The lowest BCUT2D eigenvalue weighted by molar-refractivity contribution is 0.613. The molecule has 2 aromatic carbocycles. The van der Waals surface area contributed by atoms with Gasteiger partial charge in [0.05, 0.1) is 35.9 Å². The zero-order valence-electron chi connectivity index (χ0n) is 16.9. The Morgan fingerprint density at radius 3 is 1.60 bits per heavy atom. The topological polar surface area (TPSA) is 81.4 Å². The lowest BCUT2D eigenvalue weighted by Crippen LogP contribution is -2.14. The van der Waals surface area contributed by atoms with E-state index in [0.717, 1.165) is 49.0 Å². The lowest BCUT2D eigenvalue weighted by atomic mass is 10.0. The van der Waals surface area contributed by atoms with Crippen LogP contribution in [0.3, 0.4) is 0 Å².